The first-order valence-electron chi connectivity index (χ1n) is 10.3. The van der Waals surface area contributed by atoms with E-state index in [0.717, 1.165) is 44.0 Å². The van der Waals surface area contributed by atoms with Gasteiger partial charge in [-0.05, 0) is 37.1 Å². The normalized spacial score (nSPS) is 14.8. The van der Waals surface area contributed by atoms with Gasteiger partial charge in [-0.2, -0.15) is 0 Å². The van der Waals surface area contributed by atoms with E-state index in [9.17, 15) is 4.79 Å². The summed E-state index contributed by atoms with van der Waals surface area (Å²) in [6.45, 7) is 9.54. The van der Waals surface area contributed by atoms with Crippen LogP contribution in [0.2, 0.25) is 0 Å². The monoisotopic (exact) mass is 396 g/mol. The third-order valence-electron chi connectivity index (χ3n) is 5.01. The van der Waals surface area contributed by atoms with E-state index in [0.29, 0.717) is 6.54 Å². The average molecular weight is 397 g/mol. The summed E-state index contributed by atoms with van der Waals surface area (Å²) in [4.78, 5) is 16.2. The third-order valence-corrected chi connectivity index (χ3v) is 5.01. The smallest absolute Gasteiger partial charge is 0.234 e. The molecule has 1 aliphatic rings. The summed E-state index contributed by atoms with van der Waals surface area (Å²) >= 11 is 0. The van der Waals surface area contributed by atoms with E-state index < -0.39 is 0 Å². The zero-order valence-electron chi connectivity index (χ0n) is 17.4. The Hall–Kier alpha value is -2.57. The number of nitrogens with two attached hydrogens (primary N) is 1. The largest absolute Gasteiger partial charge is 0.489 e. The molecule has 1 fully saturated rings. The molecule has 6 nitrogen and oxygen atoms in total. The van der Waals surface area contributed by atoms with Crippen molar-refractivity contribution < 1.29 is 9.53 Å². The van der Waals surface area contributed by atoms with Crippen molar-refractivity contribution in [1.82, 2.24) is 10.2 Å². The van der Waals surface area contributed by atoms with Crippen molar-refractivity contribution in [3.63, 3.8) is 0 Å². The van der Waals surface area contributed by atoms with Crippen LogP contribution in [0, 0.1) is 0 Å². The molecule has 1 aliphatic heterocycles. The molecule has 0 bridgehead atoms. The van der Waals surface area contributed by atoms with E-state index in [4.69, 9.17) is 10.5 Å². The number of nitrogens with zero attached hydrogens (tertiary/aromatic N) is 2. The molecule has 3 rings (SSSR count). The highest BCUT2D eigenvalue weighted by Gasteiger charge is 2.20. The van der Waals surface area contributed by atoms with Crippen LogP contribution >= 0.6 is 0 Å². The molecule has 1 heterocycles. The molecule has 0 saturated carbocycles. The quantitative estimate of drug-likeness (QED) is 0.717. The summed E-state index contributed by atoms with van der Waals surface area (Å²) in [5, 5.41) is 2.83. The lowest BCUT2D eigenvalue weighted by molar-refractivity contribution is -0.119. The van der Waals surface area contributed by atoms with Crippen molar-refractivity contribution in [1.29, 1.82) is 0 Å². The number of hydrogen-bond donors (Lipinski definition) is 2. The number of anilines is 1. The second-order valence-electron chi connectivity index (χ2n) is 7.70. The van der Waals surface area contributed by atoms with Gasteiger partial charge in [0.05, 0.1) is 18.3 Å². The molecule has 0 radical (unpaired) electrons. The van der Waals surface area contributed by atoms with Crippen LogP contribution in [0.3, 0.4) is 0 Å². The fourth-order valence-corrected chi connectivity index (χ4v) is 3.59. The number of amides is 1. The Morgan fingerprint density at radius 3 is 2.52 bits per heavy atom. The van der Waals surface area contributed by atoms with E-state index in [1.54, 1.807) is 0 Å². The zero-order valence-corrected chi connectivity index (χ0v) is 17.4. The third kappa shape index (κ3) is 6.21. The number of carbonyl (C=O) groups excluding carboxylic acids is 1. The molecule has 6 heteroatoms. The summed E-state index contributed by atoms with van der Waals surface area (Å²) in [6.07, 6.45) is 0.166. The molecule has 0 aromatic heterocycles. The SMILES string of the molecule is CC(C)Oc1ccccc1N1CCN(Cc2cccc(CNC(=O)CN)c2)CC1. The first-order chi connectivity index (χ1) is 14.0. The van der Waals surface area contributed by atoms with Crippen LogP contribution in [0.25, 0.3) is 0 Å². The summed E-state index contributed by atoms with van der Waals surface area (Å²) in [5.41, 5.74) is 8.89. The zero-order chi connectivity index (χ0) is 20.6. The van der Waals surface area contributed by atoms with Gasteiger partial charge in [0, 0.05) is 39.3 Å². The van der Waals surface area contributed by atoms with Crippen LogP contribution in [0.15, 0.2) is 48.5 Å². The van der Waals surface area contributed by atoms with Gasteiger partial charge in [0.15, 0.2) is 0 Å². The molecular weight excluding hydrogens is 364 g/mol. The lowest BCUT2D eigenvalue weighted by Gasteiger charge is -2.37. The van der Waals surface area contributed by atoms with Crippen molar-refractivity contribution in [2.75, 3.05) is 37.6 Å². The number of hydrogen-bond acceptors (Lipinski definition) is 5. The molecule has 156 valence electrons. The molecule has 29 heavy (non-hydrogen) atoms. The minimum absolute atomic E-state index is 0.0231. The van der Waals surface area contributed by atoms with Gasteiger partial charge in [-0.15, -0.1) is 0 Å². The molecule has 1 saturated heterocycles. The maximum absolute atomic E-state index is 11.4. The Balaban J connectivity index is 1.55. The Kier molecular flexibility index (Phi) is 7.49. The van der Waals surface area contributed by atoms with E-state index in [-0.39, 0.29) is 18.6 Å². The highest BCUT2D eigenvalue weighted by Crippen LogP contribution is 2.29. The van der Waals surface area contributed by atoms with Crippen molar-refractivity contribution in [2.45, 2.75) is 33.0 Å². The molecule has 3 N–H and O–H groups in total. The lowest BCUT2D eigenvalue weighted by Crippen LogP contribution is -2.46. The first kappa shape index (κ1) is 21.1. The van der Waals surface area contributed by atoms with Crippen molar-refractivity contribution in [3.8, 4) is 5.75 Å². The Morgan fingerprint density at radius 1 is 1.07 bits per heavy atom. The van der Waals surface area contributed by atoms with Crippen molar-refractivity contribution in [2.24, 2.45) is 5.73 Å². The fraction of sp³-hybridized carbons (Fsp3) is 0.435. The highest BCUT2D eigenvalue weighted by atomic mass is 16.5. The fourth-order valence-electron chi connectivity index (χ4n) is 3.59. The standard InChI is InChI=1S/C23H32N4O2/c1-18(2)29-22-9-4-3-8-21(22)27-12-10-26(11-13-27)17-20-7-5-6-19(14-20)16-25-23(28)15-24/h3-9,14,18H,10-13,15-17,24H2,1-2H3,(H,25,28). The van der Waals surface area contributed by atoms with Crippen molar-refractivity contribution in [3.05, 3.63) is 59.7 Å². The maximum Gasteiger partial charge on any atom is 0.234 e. The molecule has 0 aliphatic carbocycles. The van der Waals surface area contributed by atoms with Gasteiger partial charge >= 0.3 is 0 Å². The number of nitrogens with one attached hydrogen (secondary N) is 1. The average Bonchev–Trinajstić information content (AvgIpc) is 2.73. The summed E-state index contributed by atoms with van der Waals surface area (Å²) in [7, 11) is 0. The van der Waals surface area contributed by atoms with Gasteiger partial charge in [-0.3, -0.25) is 9.69 Å². The van der Waals surface area contributed by atoms with Gasteiger partial charge < -0.3 is 20.7 Å². The predicted molar refractivity (Wildman–Crippen MR) is 117 cm³/mol. The van der Waals surface area contributed by atoms with Gasteiger partial charge in [0.25, 0.3) is 0 Å². The van der Waals surface area contributed by atoms with Gasteiger partial charge in [0.1, 0.15) is 5.75 Å². The Bertz CT molecular complexity index is 801. The van der Waals surface area contributed by atoms with Gasteiger partial charge in [-0.1, -0.05) is 36.4 Å². The molecule has 0 spiro atoms. The predicted octanol–water partition coefficient (Wildman–Crippen LogP) is 2.37. The maximum atomic E-state index is 11.4. The molecule has 0 unspecified atom stereocenters. The van der Waals surface area contributed by atoms with Crippen molar-refractivity contribution >= 4 is 11.6 Å². The van der Waals surface area contributed by atoms with Crippen LogP contribution in [0.5, 0.6) is 5.75 Å². The van der Waals surface area contributed by atoms with Crippen LogP contribution < -0.4 is 20.7 Å². The van der Waals surface area contributed by atoms with E-state index in [2.05, 4.69) is 65.4 Å². The summed E-state index contributed by atoms with van der Waals surface area (Å²) < 4.78 is 5.99. The number of para-hydroxylation sites is 2. The van der Waals surface area contributed by atoms with Crippen LogP contribution in [-0.4, -0.2) is 49.6 Å². The number of rotatable bonds is 8. The molecule has 1 amide bonds. The second kappa shape index (κ2) is 10.3. The van der Waals surface area contributed by atoms with Gasteiger partial charge in [-0.25, -0.2) is 0 Å². The summed E-state index contributed by atoms with van der Waals surface area (Å²) in [5.74, 6) is 0.830. The van der Waals surface area contributed by atoms with E-state index in [1.807, 2.05) is 12.1 Å². The Labute approximate surface area is 173 Å². The van der Waals surface area contributed by atoms with E-state index >= 15 is 0 Å². The second-order valence-corrected chi connectivity index (χ2v) is 7.70. The number of benzene rings is 2. The van der Waals surface area contributed by atoms with Crippen LogP contribution in [-0.2, 0) is 17.9 Å². The molecular formula is C23H32N4O2. The van der Waals surface area contributed by atoms with Crippen LogP contribution in [0.1, 0.15) is 25.0 Å². The topological polar surface area (TPSA) is 70.8 Å². The first-order valence-corrected chi connectivity index (χ1v) is 10.3. The summed E-state index contributed by atoms with van der Waals surface area (Å²) in [6, 6.07) is 16.7. The lowest BCUT2D eigenvalue weighted by atomic mass is 10.1. The molecule has 0 atom stereocenters. The molecule has 2 aromatic carbocycles. The number of piperazine rings is 1. The molecule has 2 aromatic rings. The highest BCUT2D eigenvalue weighted by molar-refractivity contribution is 5.77. The number of carbonyl (C=O) groups is 1. The number of ether oxygens (including phenoxy) is 1. The minimum Gasteiger partial charge on any atom is -0.489 e. The minimum atomic E-state index is -0.131. The van der Waals surface area contributed by atoms with E-state index in [1.165, 1.54) is 11.3 Å². The van der Waals surface area contributed by atoms with Gasteiger partial charge in [0.2, 0.25) is 5.91 Å². The Morgan fingerprint density at radius 2 is 1.79 bits per heavy atom. The van der Waals surface area contributed by atoms with Crippen LogP contribution in [0.4, 0.5) is 5.69 Å².